The van der Waals surface area contributed by atoms with Crippen molar-refractivity contribution in [2.24, 2.45) is 0 Å². The lowest BCUT2D eigenvalue weighted by Crippen LogP contribution is -2.56. The predicted octanol–water partition coefficient (Wildman–Crippen LogP) is -0.327. The number of nitrogens with zero attached hydrogens (tertiary/aromatic N) is 1. The van der Waals surface area contributed by atoms with Crippen LogP contribution in [0.25, 0.3) is 0 Å². The molecule has 0 spiro atoms. The van der Waals surface area contributed by atoms with Gasteiger partial charge in [0.2, 0.25) is 5.91 Å². The van der Waals surface area contributed by atoms with Crippen LogP contribution in [0.4, 0.5) is 0 Å². The number of amides is 1. The van der Waals surface area contributed by atoms with E-state index in [1.807, 2.05) is 0 Å². The summed E-state index contributed by atoms with van der Waals surface area (Å²) < 4.78 is 27.7. The molecule has 8 nitrogen and oxygen atoms in total. The summed E-state index contributed by atoms with van der Waals surface area (Å²) in [5, 5.41) is 11.7. The highest BCUT2D eigenvalue weighted by atomic mass is 32.2. The molecule has 1 saturated heterocycles. The number of rotatable bonds is 6. The molecule has 1 fully saturated rings. The van der Waals surface area contributed by atoms with Crippen molar-refractivity contribution in [3.8, 4) is 0 Å². The van der Waals surface area contributed by atoms with Crippen molar-refractivity contribution in [2.45, 2.75) is 58.2 Å². The summed E-state index contributed by atoms with van der Waals surface area (Å²) in [6, 6.07) is -2.14. The fourth-order valence-electron chi connectivity index (χ4n) is 2.19. The van der Waals surface area contributed by atoms with Crippen LogP contribution in [0.3, 0.4) is 0 Å². The van der Waals surface area contributed by atoms with Crippen LogP contribution in [0.1, 0.15) is 40.0 Å². The molecule has 0 aliphatic carbocycles. The molecule has 3 N–H and O–H groups in total. The summed E-state index contributed by atoms with van der Waals surface area (Å²) in [6.07, 6.45) is 1.56. The first-order chi connectivity index (χ1) is 9.65. The summed E-state index contributed by atoms with van der Waals surface area (Å²) in [4.78, 5) is 22.9. The molecular weight excluding hydrogens is 298 g/mol. The Balaban J connectivity index is 2.79. The second-order valence-electron chi connectivity index (χ2n) is 5.47. The molecule has 0 aromatic heterocycles. The Bertz CT molecular complexity index is 491. The molecule has 2 atom stereocenters. The molecule has 1 amide bonds. The first-order valence-corrected chi connectivity index (χ1v) is 8.41. The number of carbonyl (C=O) groups excluding carboxylic acids is 1. The maximum Gasteiger partial charge on any atom is 0.322 e. The number of carboxylic acid groups (broad SMARTS) is 1. The number of carboxylic acids is 1. The van der Waals surface area contributed by atoms with Gasteiger partial charge in [0.1, 0.15) is 6.04 Å². The third-order valence-electron chi connectivity index (χ3n) is 3.20. The highest BCUT2D eigenvalue weighted by Crippen LogP contribution is 2.20. The number of carbonyl (C=O) groups is 2. The van der Waals surface area contributed by atoms with Gasteiger partial charge in [-0.15, -0.1) is 0 Å². The van der Waals surface area contributed by atoms with Crippen molar-refractivity contribution in [2.75, 3.05) is 6.54 Å². The SMILES string of the molecule is CC(C)NC(=O)C(C)NS(=O)(=O)N1CCCCC1C(=O)O. The summed E-state index contributed by atoms with van der Waals surface area (Å²) in [5.74, 6) is -1.61. The van der Waals surface area contributed by atoms with Crippen LogP contribution in [0.5, 0.6) is 0 Å². The molecule has 9 heteroatoms. The molecule has 1 heterocycles. The van der Waals surface area contributed by atoms with Crippen LogP contribution < -0.4 is 10.0 Å². The van der Waals surface area contributed by atoms with Crippen LogP contribution in [0.15, 0.2) is 0 Å². The Kier molecular flexibility index (Phi) is 6.11. The fourth-order valence-corrected chi connectivity index (χ4v) is 3.78. The second kappa shape index (κ2) is 7.19. The van der Waals surface area contributed by atoms with E-state index in [1.54, 1.807) is 13.8 Å². The van der Waals surface area contributed by atoms with Crippen LogP contribution in [0.2, 0.25) is 0 Å². The van der Waals surface area contributed by atoms with E-state index in [0.29, 0.717) is 12.8 Å². The van der Waals surface area contributed by atoms with Gasteiger partial charge in [0.05, 0.1) is 6.04 Å². The Morgan fingerprint density at radius 3 is 2.38 bits per heavy atom. The maximum atomic E-state index is 12.3. The minimum absolute atomic E-state index is 0.105. The zero-order valence-electron chi connectivity index (χ0n) is 12.5. The van der Waals surface area contributed by atoms with Gasteiger partial charge in [0.25, 0.3) is 10.2 Å². The van der Waals surface area contributed by atoms with Gasteiger partial charge in [-0.3, -0.25) is 9.59 Å². The van der Waals surface area contributed by atoms with Crippen molar-refractivity contribution in [3.63, 3.8) is 0 Å². The number of aliphatic carboxylic acids is 1. The largest absolute Gasteiger partial charge is 0.480 e. The zero-order chi connectivity index (χ0) is 16.2. The molecule has 2 unspecified atom stereocenters. The van der Waals surface area contributed by atoms with Gasteiger partial charge in [-0.1, -0.05) is 0 Å². The topological polar surface area (TPSA) is 116 Å². The molecular formula is C12H23N3O5S. The van der Waals surface area contributed by atoms with E-state index in [0.717, 1.165) is 4.31 Å². The standard InChI is InChI=1S/C12H23N3O5S/c1-8(2)13-11(16)9(3)14-21(19,20)15-7-5-4-6-10(15)12(17)18/h8-10,14H,4-7H2,1-3H3,(H,13,16)(H,17,18). The minimum atomic E-state index is -4.02. The van der Waals surface area contributed by atoms with Gasteiger partial charge in [0.15, 0.2) is 0 Å². The number of nitrogens with one attached hydrogen (secondary N) is 2. The third kappa shape index (κ3) is 4.94. The molecule has 1 rings (SSSR count). The Hall–Kier alpha value is -1.19. The van der Waals surface area contributed by atoms with E-state index in [1.165, 1.54) is 6.92 Å². The van der Waals surface area contributed by atoms with Gasteiger partial charge in [0, 0.05) is 12.6 Å². The predicted molar refractivity (Wildman–Crippen MR) is 76.8 cm³/mol. The lowest BCUT2D eigenvalue weighted by molar-refractivity contribution is -0.142. The van der Waals surface area contributed by atoms with Gasteiger partial charge in [-0.05, 0) is 40.0 Å². The summed E-state index contributed by atoms with van der Waals surface area (Å²) in [6.45, 7) is 5.11. The fraction of sp³-hybridized carbons (Fsp3) is 0.833. The van der Waals surface area contributed by atoms with Crippen LogP contribution >= 0.6 is 0 Å². The first kappa shape index (κ1) is 17.9. The van der Waals surface area contributed by atoms with Crippen LogP contribution in [0, 0.1) is 0 Å². The molecule has 122 valence electrons. The van der Waals surface area contributed by atoms with Gasteiger partial charge < -0.3 is 10.4 Å². The molecule has 1 aliphatic heterocycles. The lowest BCUT2D eigenvalue weighted by Gasteiger charge is -2.32. The van der Waals surface area contributed by atoms with E-state index in [-0.39, 0.29) is 19.0 Å². The summed E-state index contributed by atoms with van der Waals surface area (Å²) >= 11 is 0. The first-order valence-electron chi connectivity index (χ1n) is 6.97. The molecule has 0 radical (unpaired) electrons. The Labute approximate surface area is 125 Å². The molecule has 0 aromatic carbocycles. The van der Waals surface area contributed by atoms with Crippen molar-refractivity contribution in [3.05, 3.63) is 0 Å². The van der Waals surface area contributed by atoms with E-state index < -0.39 is 34.2 Å². The summed E-state index contributed by atoms with van der Waals surface area (Å²) in [5.41, 5.74) is 0. The van der Waals surface area contributed by atoms with Gasteiger partial charge in [-0.25, -0.2) is 0 Å². The smallest absolute Gasteiger partial charge is 0.322 e. The van der Waals surface area contributed by atoms with Gasteiger partial charge in [-0.2, -0.15) is 17.4 Å². The van der Waals surface area contributed by atoms with E-state index >= 15 is 0 Å². The third-order valence-corrected chi connectivity index (χ3v) is 4.90. The lowest BCUT2D eigenvalue weighted by atomic mass is 10.1. The highest BCUT2D eigenvalue weighted by Gasteiger charge is 2.37. The highest BCUT2D eigenvalue weighted by molar-refractivity contribution is 7.87. The monoisotopic (exact) mass is 321 g/mol. The Morgan fingerprint density at radius 1 is 1.24 bits per heavy atom. The summed E-state index contributed by atoms with van der Waals surface area (Å²) in [7, 11) is -4.02. The van der Waals surface area contributed by atoms with Crippen LogP contribution in [-0.4, -0.2) is 54.4 Å². The van der Waals surface area contributed by atoms with E-state index in [4.69, 9.17) is 5.11 Å². The van der Waals surface area contributed by atoms with Crippen molar-refractivity contribution < 1.29 is 23.1 Å². The van der Waals surface area contributed by atoms with E-state index in [9.17, 15) is 18.0 Å². The number of piperidine rings is 1. The number of hydrogen-bond donors (Lipinski definition) is 3. The molecule has 0 bridgehead atoms. The van der Waals surface area contributed by atoms with Crippen molar-refractivity contribution >= 4 is 22.1 Å². The van der Waals surface area contributed by atoms with Crippen molar-refractivity contribution in [1.29, 1.82) is 0 Å². The zero-order valence-corrected chi connectivity index (χ0v) is 13.3. The molecule has 21 heavy (non-hydrogen) atoms. The average Bonchev–Trinajstić information content (AvgIpc) is 2.37. The quantitative estimate of drug-likeness (QED) is 0.620. The van der Waals surface area contributed by atoms with Crippen molar-refractivity contribution in [1.82, 2.24) is 14.3 Å². The van der Waals surface area contributed by atoms with E-state index in [2.05, 4.69) is 10.0 Å². The number of hydrogen-bond acceptors (Lipinski definition) is 4. The van der Waals surface area contributed by atoms with Gasteiger partial charge >= 0.3 is 5.97 Å². The normalized spacial score (nSPS) is 22.0. The molecule has 0 aromatic rings. The Morgan fingerprint density at radius 2 is 1.86 bits per heavy atom. The molecule has 0 saturated carbocycles. The molecule has 1 aliphatic rings. The average molecular weight is 321 g/mol. The maximum absolute atomic E-state index is 12.3. The second-order valence-corrected chi connectivity index (χ2v) is 7.12. The minimum Gasteiger partial charge on any atom is -0.480 e. The van der Waals surface area contributed by atoms with Crippen LogP contribution in [-0.2, 0) is 19.8 Å².